The number of nitrogens with zero attached hydrogens (tertiary/aromatic N) is 4. The molecule has 3 fully saturated rings. The molecule has 0 N–H and O–H groups in total. The third kappa shape index (κ3) is 7.22. The van der Waals surface area contributed by atoms with Crippen LogP contribution in [-0.4, -0.2) is 80.0 Å². The van der Waals surface area contributed by atoms with E-state index in [0.717, 1.165) is 62.9 Å². The number of likely N-dealkylation sites (tertiary alicyclic amines) is 1. The topological polar surface area (TPSA) is 67.4 Å². The number of hydrogen-bond donors (Lipinski definition) is 0. The van der Waals surface area contributed by atoms with Gasteiger partial charge in [-0.05, 0) is 88.7 Å². The maximum absolute atomic E-state index is 12.7. The van der Waals surface area contributed by atoms with Crippen LogP contribution in [0.25, 0.3) is 0 Å². The molecule has 5 rings (SSSR count). The second-order valence-electron chi connectivity index (χ2n) is 11.7. The van der Waals surface area contributed by atoms with Crippen molar-refractivity contribution < 1.29 is 19.0 Å². The summed E-state index contributed by atoms with van der Waals surface area (Å²) in [6, 6.07) is 12.2. The fraction of sp³-hybridized carbons (Fsp3) is 0.613. The van der Waals surface area contributed by atoms with Crippen LogP contribution in [0.2, 0.25) is 0 Å². The number of rotatable bonds is 9. The monoisotopic (exact) mass is 536 g/mol. The van der Waals surface area contributed by atoms with Crippen molar-refractivity contribution in [2.24, 2.45) is 5.92 Å². The number of carbonyl (C=O) groups excluding carboxylic acids is 1. The number of pyridine rings is 1. The fourth-order valence-electron chi connectivity index (χ4n) is 5.99. The van der Waals surface area contributed by atoms with Gasteiger partial charge in [-0.1, -0.05) is 6.92 Å². The Morgan fingerprint density at radius 1 is 1.08 bits per heavy atom. The van der Waals surface area contributed by atoms with Gasteiger partial charge in [0.05, 0.1) is 36.7 Å². The third-order valence-corrected chi connectivity index (χ3v) is 8.14. The molecule has 3 saturated heterocycles. The number of aromatic nitrogens is 1. The van der Waals surface area contributed by atoms with Crippen LogP contribution in [0.3, 0.4) is 0 Å². The summed E-state index contributed by atoms with van der Waals surface area (Å²) in [6.07, 6.45) is 7.27. The number of hydrogen-bond acceptors (Lipinski definition) is 7. The lowest BCUT2D eigenvalue weighted by atomic mass is 9.88. The summed E-state index contributed by atoms with van der Waals surface area (Å²) in [5.74, 6) is 2.30. The van der Waals surface area contributed by atoms with Crippen molar-refractivity contribution >= 4 is 17.3 Å². The molecule has 4 heterocycles. The molecular weight excluding hydrogens is 492 g/mol. The number of piperidine rings is 2. The Morgan fingerprint density at radius 2 is 1.85 bits per heavy atom. The molecule has 1 amide bonds. The highest BCUT2D eigenvalue weighted by atomic mass is 16.5. The molecule has 8 nitrogen and oxygen atoms in total. The molecule has 1 spiro atoms. The van der Waals surface area contributed by atoms with Crippen molar-refractivity contribution in [3.8, 4) is 11.6 Å². The van der Waals surface area contributed by atoms with Crippen molar-refractivity contribution in [3.05, 3.63) is 42.6 Å². The van der Waals surface area contributed by atoms with E-state index >= 15 is 0 Å². The smallest absolute Gasteiger partial charge is 0.253 e. The van der Waals surface area contributed by atoms with Gasteiger partial charge in [-0.25, -0.2) is 4.98 Å². The van der Waals surface area contributed by atoms with Crippen molar-refractivity contribution in [1.82, 2.24) is 9.88 Å². The highest BCUT2D eigenvalue weighted by Gasteiger charge is 2.43. The lowest BCUT2D eigenvalue weighted by molar-refractivity contribution is -0.141. The molecule has 1 atom stereocenters. The minimum atomic E-state index is -0.327. The first kappa shape index (κ1) is 27.7. The summed E-state index contributed by atoms with van der Waals surface area (Å²) in [5.41, 5.74) is 1.67. The second-order valence-corrected chi connectivity index (χ2v) is 11.7. The Balaban J connectivity index is 1.09. The molecule has 3 aliphatic heterocycles. The number of anilines is 2. The predicted molar refractivity (Wildman–Crippen MR) is 154 cm³/mol. The maximum atomic E-state index is 12.7. The van der Waals surface area contributed by atoms with Gasteiger partial charge in [0.2, 0.25) is 5.88 Å². The predicted octanol–water partition coefficient (Wildman–Crippen LogP) is 4.77. The first-order valence-electron chi connectivity index (χ1n) is 14.7. The van der Waals surface area contributed by atoms with Crippen LogP contribution in [0.15, 0.2) is 42.6 Å². The van der Waals surface area contributed by atoms with Gasteiger partial charge in [0.1, 0.15) is 12.4 Å². The normalized spacial score (nSPS) is 21.9. The van der Waals surface area contributed by atoms with Crippen LogP contribution in [0.1, 0.15) is 52.9 Å². The van der Waals surface area contributed by atoms with Gasteiger partial charge < -0.3 is 28.9 Å². The zero-order valence-corrected chi connectivity index (χ0v) is 23.8. The molecular formula is C31H44N4O4. The van der Waals surface area contributed by atoms with Gasteiger partial charge in [-0.15, -0.1) is 0 Å². The summed E-state index contributed by atoms with van der Waals surface area (Å²) in [4.78, 5) is 23.9. The summed E-state index contributed by atoms with van der Waals surface area (Å²) in [7, 11) is 0. The van der Waals surface area contributed by atoms with E-state index in [0.29, 0.717) is 12.4 Å². The van der Waals surface area contributed by atoms with E-state index in [9.17, 15) is 4.79 Å². The van der Waals surface area contributed by atoms with E-state index in [1.54, 1.807) is 6.20 Å². The Morgan fingerprint density at radius 3 is 2.54 bits per heavy atom. The first-order chi connectivity index (χ1) is 18.9. The molecule has 0 bridgehead atoms. The minimum absolute atomic E-state index is 0.0246. The van der Waals surface area contributed by atoms with Gasteiger partial charge in [0.15, 0.2) is 0 Å². The Kier molecular flexibility index (Phi) is 8.92. The van der Waals surface area contributed by atoms with Crippen molar-refractivity contribution in [2.75, 3.05) is 62.3 Å². The van der Waals surface area contributed by atoms with Crippen molar-refractivity contribution in [2.45, 2.75) is 64.6 Å². The highest BCUT2D eigenvalue weighted by molar-refractivity contribution is 5.95. The largest absolute Gasteiger partial charge is 0.494 e. The van der Waals surface area contributed by atoms with Gasteiger partial charge in [-0.2, -0.15) is 0 Å². The highest BCUT2D eigenvalue weighted by Crippen LogP contribution is 2.35. The number of amides is 1. The minimum Gasteiger partial charge on any atom is -0.494 e. The average Bonchev–Trinajstić information content (AvgIpc) is 2.94. The summed E-state index contributed by atoms with van der Waals surface area (Å²) in [6.45, 7) is 13.1. The van der Waals surface area contributed by atoms with E-state index in [2.05, 4.69) is 46.0 Å². The van der Waals surface area contributed by atoms with Crippen LogP contribution in [0, 0.1) is 5.92 Å². The van der Waals surface area contributed by atoms with Gasteiger partial charge in [0.25, 0.3) is 5.91 Å². The zero-order valence-electron chi connectivity index (χ0n) is 23.8. The zero-order chi connectivity index (χ0) is 27.2. The molecule has 212 valence electrons. The molecule has 0 aliphatic carbocycles. The Labute approximate surface area is 233 Å². The Hall–Kier alpha value is -2.84. The van der Waals surface area contributed by atoms with E-state index in [1.807, 2.05) is 30.9 Å². The van der Waals surface area contributed by atoms with Crippen LogP contribution < -0.4 is 19.3 Å². The van der Waals surface area contributed by atoms with Crippen LogP contribution >= 0.6 is 0 Å². The molecule has 1 aromatic carbocycles. The maximum Gasteiger partial charge on any atom is 0.253 e. The third-order valence-electron chi connectivity index (χ3n) is 8.14. The van der Waals surface area contributed by atoms with Gasteiger partial charge in [0, 0.05) is 37.9 Å². The van der Waals surface area contributed by atoms with E-state index in [1.165, 1.54) is 31.6 Å². The molecule has 8 heteroatoms. The fourth-order valence-corrected chi connectivity index (χ4v) is 5.99. The second kappa shape index (κ2) is 12.6. The van der Waals surface area contributed by atoms with E-state index in [4.69, 9.17) is 14.2 Å². The summed E-state index contributed by atoms with van der Waals surface area (Å²) >= 11 is 0. The van der Waals surface area contributed by atoms with Crippen LogP contribution in [0.4, 0.5) is 11.4 Å². The molecule has 1 aromatic heterocycles. The van der Waals surface area contributed by atoms with Gasteiger partial charge >= 0.3 is 0 Å². The first-order valence-corrected chi connectivity index (χ1v) is 14.7. The standard InChI is InChI=1S/C31H44N4O4/c1-24(2)39-29-12-9-27(20-32-29)35-23-31(38-22-30(35)36)13-17-34(18-14-31)26-7-10-28(11-8-26)37-19-5-16-33-15-4-6-25(3)21-33/h7-12,20,24-25H,4-6,13-19,21-23H2,1-3H3/t25-/m0/s1. The van der Waals surface area contributed by atoms with E-state index in [-0.39, 0.29) is 24.2 Å². The number of ether oxygens (including phenoxy) is 3. The molecule has 0 saturated carbocycles. The van der Waals surface area contributed by atoms with Crippen LogP contribution in [-0.2, 0) is 9.53 Å². The molecule has 3 aliphatic rings. The van der Waals surface area contributed by atoms with Gasteiger partial charge in [-0.3, -0.25) is 4.79 Å². The van der Waals surface area contributed by atoms with E-state index < -0.39 is 0 Å². The molecule has 0 unspecified atom stereocenters. The molecule has 39 heavy (non-hydrogen) atoms. The number of morpholine rings is 1. The SMILES string of the molecule is CC(C)Oc1ccc(N2CC3(CCN(c4ccc(OCCCN5CCC[C@H](C)C5)cc4)CC3)OCC2=O)cn1. The summed E-state index contributed by atoms with van der Waals surface area (Å²) < 4.78 is 17.8. The quantitative estimate of drug-likeness (QED) is 0.428. The van der Waals surface area contributed by atoms with Crippen LogP contribution in [0.5, 0.6) is 11.6 Å². The molecule has 2 aromatic rings. The number of benzene rings is 1. The lowest BCUT2D eigenvalue weighted by Gasteiger charge is -2.47. The van der Waals surface area contributed by atoms with Crippen molar-refractivity contribution in [1.29, 1.82) is 0 Å². The Bertz CT molecular complexity index is 1070. The lowest BCUT2D eigenvalue weighted by Crippen LogP contribution is -2.59. The molecule has 0 radical (unpaired) electrons. The summed E-state index contributed by atoms with van der Waals surface area (Å²) in [5, 5.41) is 0. The number of carbonyl (C=O) groups is 1. The average molecular weight is 537 g/mol. The van der Waals surface area contributed by atoms with Crippen molar-refractivity contribution in [3.63, 3.8) is 0 Å².